The Hall–Kier alpha value is -0.870. The molecule has 0 N–H and O–H groups in total. The molecule has 0 bridgehead atoms. The van der Waals surface area contributed by atoms with E-state index in [4.69, 9.17) is 4.74 Å². The summed E-state index contributed by atoms with van der Waals surface area (Å²) < 4.78 is 6.36. The molecule has 0 spiro atoms. The zero-order chi connectivity index (χ0) is 15.5. The summed E-state index contributed by atoms with van der Waals surface area (Å²) in [5, 5.41) is 0. The van der Waals surface area contributed by atoms with Gasteiger partial charge in [-0.1, -0.05) is 22.9 Å². The van der Waals surface area contributed by atoms with E-state index in [9.17, 15) is 4.79 Å². The highest BCUT2D eigenvalue weighted by atomic mass is 79.9. The number of halogens is 1. The Bertz CT molecular complexity index is 512. The van der Waals surface area contributed by atoms with E-state index in [2.05, 4.69) is 34.7 Å². The Balaban J connectivity index is 2.21. The minimum Gasteiger partial charge on any atom is -0.496 e. The Kier molecular flexibility index (Phi) is 5.44. The quantitative estimate of drug-likeness (QED) is 0.778. The third kappa shape index (κ3) is 3.49. The molecule has 1 fully saturated rings. The van der Waals surface area contributed by atoms with Gasteiger partial charge in [-0.15, -0.1) is 0 Å². The minimum absolute atomic E-state index is 0.281. The van der Waals surface area contributed by atoms with Gasteiger partial charge in [0.1, 0.15) is 5.75 Å². The number of hydrogen-bond acceptors (Lipinski definition) is 3. The molecule has 0 aromatic heterocycles. The van der Waals surface area contributed by atoms with Crippen LogP contribution in [0.15, 0.2) is 22.7 Å². The molecule has 1 aromatic carbocycles. The number of ketones is 1. The average molecular weight is 354 g/mol. The second kappa shape index (κ2) is 6.93. The molecule has 1 unspecified atom stereocenters. The van der Waals surface area contributed by atoms with Crippen LogP contribution in [0.25, 0.3) is 0 Å². The van der Waals surface area contributed by atoms with Crippen LogP contribution in [0.4, 0.5) is 0 Å². The van der Waals surface area contributed by atoms with Gasteiger partial charge < -0.3 is 4.74 Å². The van der Waals surface area contributed by atoms with Gasteiger partial charge >= 0.3 is 0 Å². The van der Waals surface area contributed by atoms with Gasteiger partial charge in [0.15, 0.2) is 5.78 Å². The van der Waals surface area contributed by atoms with Gasteiger partial charge in [0.05, 0.1) is 12.6 Å². The monoisotopic (exact) mass is 353 g/mol. The van der Waals surface area contributed by atoms with Crippen molar-refractivity contribution in [1.82, 2.24) is 4.90 Å². The van der Waals surface area contributed by atoms with Gasteiger partial charge in [0.25, 0.3) is 0 Å². The molecule has 1 aliphatic rings. The molecule has 0 aliphatic carbocycles. The van der Waals surface area contributed by atoms with Gasteiger partial charge in [0.2, 0.25) is 0 Å². The maximum absolute atomic E-state index is 12.9. The maximum Gasteiger partial charge on any atom is 0.157 e. The molecule has 1 heterocycles. The van der Waals surface area contributed by atoms with Gasteiger partial charge in [0, 0.05) is 16.5 Å². The third-order valence-electron chi connectivity index (χ3n) is 4.69. The molecule has 116 valence electrons. The van der Waals surface area contributed by atoms with E-state index in [1.807, 2.05) is 18.2 Å². The fourth-order valence-corrected chi connectivity index (χ4v) is 3.46. The summed E-state index contributed by atoms with van der Waals surface area (Å²) in [6.07, 6.45) is 3.66. The fourth-order valence-electron chi connectivity index (χ4n) is 3.06. The molecule has 1 aliphatic heterocycles. The molecule has 2 rings (SSSR count). The van der Waals surface area contributed by atoms with E-state index in [1.165, 1.54) is 12.8 Å². The van der Waals surface area contributed by atoms with E-state index < -0.39 is 0 Å². The number of hydrogen-bond donors (Lipinski definition) is 0. The largest absolute Gasteiger partial charge is 0.496 e. The normalized spacial score (nSPS) is 18.5. The number of carbonyl (C=O) groups excluding carboxylic acids is 1. The average Bonchev–Trinajstić information content (AvgIpc) is 3.01. The first-order chi connectivity index (χ1) is 10.0. The van der Waals surface area contributed by atoms with Crippen LogP contribution in [0, 0.1) is 0 Å². The summed E-state index contributed by atoms with van der Waals surface area (Å²) in [4.78, 5) is 15.3. The first-order valence-electron chi connectivity index (χ1n) is 7.62. The van der Waals surface area contributed by atoms with Crippen molar-refractivity contribution >= 4 is 21.7 Å². The van der Waals surface area contributed by atoms with Crippen molar-refractivity contribution < 1.29 is 9.53 Å². The van der Waals surface area contributed by atoms with Gasteiger partial charge in [-0.25, -0.2) is 0 Å². The summed E-state index contributed by atoms with van der Waals surface area (Å²) in [5.41, 5.74) is 0.597. The number of ether oxygens (including phenoxy) is 1. The topological polar surface area (TPSA) is 29.5 Å². The zero-order valence-electron chi connectivity index (χ0n) is 13.1. The van der Waals surface area contributed by atoms with Crippen LogP contribution in [0.1, 0.15) is 38.7 Å². The summed E-state index contributed by atoms with van der Waals surface area (Å²) in [6.45, 7) is 6.26. The Morgan fingerprint density at radius 2 is 2.05 bits per heavy atom. The number of likely N-dealkylation sites (tertiary alicyclic amines) is 1. The van der Waals surface area contributed by atoms with Crippen molar-refractivity contribution in [3.05, 3.63) is 28.2 Å². The number of nitrogens with zero attached hydrogens (tertiary/aromatic N) is 1. The van der Waals surface area contributed by atoms with Crippen molar-refractivity contribution in [1.29, 1.82) is 0 Å². The minimum atomic E-state index is -0.357. The molecule has 3 nitrogen and oxygen atoms in total. The van der Waals surface area contributed by atoms with E-state index >= 15 is 0 Å². The molecule has 0 saturated carbocycles. The van der Waals surface area contributed by atoms with Crippen molar-refractivity contribution in [2.75, 3.05) is 20.2 Å². The Labute approximate surface area is 135 Å². The molecule has 0 radical (unpaired) electrons. The predicted molar refractivity (Wildman–Crippen MR) is 88.9 cm³/mol. The van der Waals surface area contributed by atoms with Gasteiger partial charge in [-0.2, -0.15) is 0 Å². The van der Waals surface area contributed by atoms with Crippen LogP contribution in [0.3, 0.4) is 0 Å². The molecule has 1 atom stereocenters. The standard InChI is InChI=1S/C17H24BrNO2/c1-4-17(2,19-9-5-6-10-19)16(20)12-13-11-14(18)7-8-15(13)21-3/h7-8,11H,4-6,9-10,12H2,1-3H3. The lowest BCUT2D eigenvalue weighted by atomic mass is 9.87. The summed E-state index contributed by atoms with van der Waals surface area (Å²) in [6, 6.07) is 5.83. The molecule has 4 heteroatoms. The fraction of sp³-hybridized carbons (Fsp3) is 0.588. The predicted octanol–water partition coefficient (Wildman–Crippen LogP) is 3.83. The molecule has 21 heavy (non-hydrogen) atoms. The van der Waals surface area contributed by atoms with E-state index in [0.29, 0.717) is 6.42 Å². The number of Topliss-reactive ketones (excluding diaryl/α,β-unsaturated/α-hetero) is 1. The third-order valence-corrected chi connectivity index (χ3v) is 5.18. The molecule has 0 amide bonds. The Morgan fingerprint density at radius 1 is 1.38 bits per heavy atom. The lowest BCUT2D eigenvalue weighted by Gasteiger charge is -2.37. The second-order valence-corrected chi connectivity index (χ2v) is 6.79. The highest BCUT2D eigenvalue weighted by Crippen LogP contribution is 2.30. The number of methoxy groups -OCH3 is 1. The summed E-state index contributed by atoms with van der Waals surface area (Å²) >= 11 is 3.47. The van der Waals surface area contributed by atoms with Crippen LogP contribution >= 0.6 is 15.9 Å². The number of carbonyl (C=O) groups is 1. The smallest absolute Gasteiger partial charge is 0.157 e. The van der Waals surface area contributed by atoms with Crippen molar-refractivity contribution in [2.24, 2.45) is 0 Å². The van der Waals surface area contributed by atoms with Gasteiger partial charge in [-0.3, -0.25) is 9.69 Å². The molecular formula is C17H24BrNO2. The van der Waals surface area contributed by atoms with Crippen molar-refractivity contribution in [3.8, 4) is 5.75 Å². The van der Waals surface area contributed by atoms with Gasteiger partial charge in [-0.05, 0) is 57.5 Å². The van der Waals surface area contributed by atoms with Crippen LogP contribution in [0.5, 0.6) is 5.75 Å². The highest BCUT2D eigenvalue weighted by Gasteiger charge is 2.38. The van der Waals surface area contributed by atoms with Crippen LogP contribution in [-0.2, 0) is 11.2 Å². The lowest BCUT2D eigenvalue weighted by molar-refractivity contribution is -0.129. The lowest BCUT2D eigenvalue weighted by Crippen LogP contribution is -2.51. The van der Waals surface area contributed by atoms with Crippen LogP contribution in [0.2, 0.25) is 0 Å². The van der Waals surface area contributed by atoms with Crippen molar-refractivity contribution in [2.45, 2.75) is 45.1 Å². The second-order valence-electron chi connectivity index (χ2n) is 5.88. The maximum atomic E-state index is 12.9. The molecule has 1 aromatic rings. The van der Waals surface area contributed by atoms with E-state index in [0.717, 1.165) is 35.3 Å². The Morgan fingerprint density at radius 3 is 2.62 bits per heavy atom. The highest BCUT2D eigenvalue weighted by molar-refractivity contribution is 9.10. The summed E-state index contributed by atoms with van der Waals surface area (Å²) in [7, 11) is 1.65. The van der Waals surface area contributed by atoms with Crippen LogP contribution in [-0.4, -0.2) is 36.4 Å². The first kappa shape index (κ1) is 16.5. The van der Waals surface area contributed by atoms with Crippen molar-refractivity contribution in [3.63, 3.8) is 0 Å². The zero-order valence-corrected chi connectivity index (χ0v) is 14.7. The first-order valence-corrected chi connectivity index (χ1v) is 8.41. The number of rotatable bonds is 6. The summed E-state index contributed by atoms with van der Waals surface area (Å²) in [5.74, 6) is 1.06. The number of benzene rings is 1. The van der Waals surface area contributed by atoms with E-state index in [-0.39, 0.29) is 11.3 Å². The SMILES string of the molecule is CCC(C)(C(=O)Cc1cc(Br)ccc1OC)N1CCCC1. The molecule has 1 saturated heterocycles. The van der Waals surface area contributed by atoms with Crippen LogP contribution < -0.4 is 4.74 Å². The molecular weight excluding hydrogens is 330 g/mol. The van der Waals surface area contributed by atoms with E-state index in [1.54, 1.807) is 7.11 Å².